The van der Waals surface area contributed by atoms with E-state index in [1.165, 1.54) is 18.5 Å². The minimum absolute atomic E-state index is 0.124. The van der Waals surface area contributed by atoms with E-state index in [1.807, 2.05) is 41.6 Å². The molecule has 2 fully saturated rings. The normalized spacial score (nSPS) is 20.3. The number of fused-ring (bicyclic) bond motifs is 1. The van der Waals surface area contributed by atoms with Crippen molar-refractivity contribution in [2.45, 2.75) is 30.1 Å². The van der Waals surface area contributed by atoms with Crippen LogP contribution in [0, 0.1) is 0 Å². The molecule has 31 heavy (non-hydrogen) atoms. The summed E-state index contributed by atoms with van der Waals surface area (Å²) >= 11 is 1.62. The molecule has 2 N–H and O–H groups in total. The van der Waals surface area contributed by atoms with E-state index in [0.717, 1.165) is 47.4 Å². The van der Waals surface area contributed by atoms with Gasteiger partial charge in [-0.1, -0.05) is 0 Å². The molecule has 9 heteroatoms. The average Bonchev–Trinajstić information content (AvgIpc) is 3.28. The van der Waals surface area contributed by atoms with Crippen LogP contribution in [0.2, 0.25) is 0 Å². The predicted octanol–water partition coefficient (Wildman–Crippen LogP) is 3.39. The Hall–Kier alpha value is -3.04. The van der Waals surface area contributed by atoms with Gasteiger partial charge in [-0.25, -0.2) is 0 Å². The first-order valence-corrected chi connectivity index (χ1v) is 11.4. The Morgan fingerprint density at radius 3 is 2.81 bits per heavy atom. The molecule has 1 radical (unpaired) electrons. The number of rotatable bonds is 6. The third kappa shape index (κ3) is 3.75. The third-order valence-electron chi connectivity index (χ3n) is 5.88. The monoisotopic (exact) mass is 433 g/mol. The molecule has 1 saturated carbocycles. The molecule has 1 amide bonds. The second-order valence-corrected chi connectivity index (χ2v) is 9.30. The lowest BCUT2D eigenvalue weighted by atomic mass is 10.1. The van der Waals surface area contributed by atoms with Gasteiger partial charge < -0.3 is 4.90 Å². The number of anilines is 1. The minimum atomic E-state index is 0.124. The highest BCUT2D eigenvalue weighted by Gasteiger charge is 2.38. The van der Waals surface area contributed by atoms with Crippen LogP contribution in [0.5, 0.6) is 0 Å². The third-order valence-corrected chi connectivity index (χ3v) is 6.83. The van der Waals surface area contributed by atoms with Crippen LogP contribution in [-0.4, -0.2) is 50.8 Å². The first-order chi connectivity index (χ1) is 15.2. The van der Waals surface area contributed by atoms with Gasteiger partial charge in [0.05, 0.1) is 12.4 Å². The number of carbonyl (C=O) groups is 1. The molecule has 4 aliphatic rings. The van der Waals surface area contributed by atoms with Crippen molar-refractivity contribution in [3.8, 4) is 0 Å². The SMILES string of the molecule is O=C(c1ccc(SN2C=C(Nc3cc(C4CC4)[nH]n3)[N+]3C=CN=C3C2)cc1)N1CCC1. The number of carbonyl (C=O) groups excluding carboxylic acids is 1. The van der Waals surface area contributed by atoms with Crippen LogP contribution in [0.25, 0.3) is 0 Å². The number of likely N-dealkylation sites (tertiary alicyclic amines) is 1. The second-order valence-electron chi connectivity index (χ2n) is 8.17. The largest absolute Gasteiger partial charge is 0.339 e. The summed E-state index contributed by atoms with van der Waals surface area (Å²) in [6, 6.07) is 9.94. The number of aromatic amines is 1. The Labute approximate surface area is 184 Å². The van der Waals surface area contributed by atoms with Gasteiger partial charge in [0.2, 0.25) is 0 Å². The van der Waals surface area contributed by atoms with Gasteiger partial charge in [-0.05, 0) is 60.4 Å². The maximum Gasteiger partial charge on any atom is 0.285 e. The molecule has 1 aromatic carbocycles. The first-order valence-electron chi connectivity index (χ1n) is 10.6. The number of amidine groups is 1. The van der Waals surface area contributed by atoms with E-state index in [0.29, 0.717) is 12.5 Å². The molecule has 0 atom stereocenters. The summed E-state index contributed by atoms with van der Waals surface area (Å²) in [7, 11) is 0. The van der Waals surface area contributed by atoms with Crippen LogP contribution < -0.4 is 10.2 Å². The van der Waals surface area contributed by atoms with Crippen molar-refractivity contribution in [1.82, 2.24) is 24.3 Å². The van der Waals surface area contributed by atoms with E-state index in [1.54, 1.807) is 11.9 Å². The number of aliphatic imine (C=N–C) groups is 1. The molecule has 0 bridgehead atoms. The Balaban J connectivity index is 1.17. The quantitative estimate of drug-likeness (QED) is 0.539. The van der Waals surface area contributed by atoms with Crippen molar-refractivity contribution >= 4 is 29.5 Å². The summed E-state index contributed by atoms with van der Waals surface area (Å²) in [5.74, 6) is 3.44. The smallest absolute Gasteiger partial charge is 0.285 e. The van der Waals surface area contributed by atoms with E-state index in [9.17, 15) is 4.79 Å². The zero-order valence-electron chi connectivity index (χ0n) is 17.0. The van der Waals surface area contributed by atoms with E-state index in [2.05, 4.69) is 42.0 Å². The van der Waals surface area contributed by atoms with E-state index >= 15 is 0 Å². The van der Waals surface area contributed by atoms with Crippen molar-refractivity contribution in [3.05, 3.63) is 66.0 Å². The summed E-state index contributed by atoms with van der Waals surface area (Å²) in [6.07, 6.45) is 9.43. The molecule has 8 nitrogen and oxygen atoms in total. The zero-order chi connectivity index (χ0) is 20.8. The van der Waals surface area contributed by atoms with Crippen LogP contribution in [-0.2, 0) is 0 Å². The number of nitrogens with one attached hydrogen (secondary N) is 2. The Kier molecular flexibility index (Phi) is 4.57. The Morgan fingerprint density at radius 2 is 2.06 bits per heavy atom. The zero-order valence-corrected chi connectivity index (χ0v) is 17.8. The van der Waals surface area contributed by atoms with Gasteiger partial charge in [-0.3, -0.25) is 19.5 Å². The van der Waals surface area contributed by atoms with E-state index < -0.39 is 0 Å². The van der Waals surface area contributed by atoms with Gasteiger partial charge in [-0.15, -0.1) is 0 Å². The Morgan fingerprint density at radius 1 is 1.23 bits per heavy atom. The fraction of sp³-hybridized carbons (Fsp3) is 0.318. The lowest BCUT2D eigenvalue weighted by molar-refractivity contribution is 0.0652. The molecule has 1 aromatic heterocycles. The van der Waals surface area contributed by atoms with Crippen LogP contribution in [0.3, 0.4) is 0 Å². The lowest BCUT2D eigenvalue weighted by Gasteiger charge is -2.31. The van der Waals surface area contributed by atoms with E-state index in [4.69, 9.17) is 0 Å². The van der Waals surface area contributed by atoms with Gasteiger partial charge in [0.15, 0.2) is 12.0 Å². The van der Waals surface area contributed by atoms with Gasteiger partial charge in [0, 0.05) is 41.2 Å². The summed E-state index contributed by atoms with van der Waals surface area (Å²) in [5, 5.41) is 11.0. The van der Waals surface area contributed by atoms with Gasteiger partial charge in [0.1, 0.15) is 6.54 Å². The number of amides is 1. The van der Waals surface area contributed by atoms with Crippen LogP contribution in [0.15, 0.2) is 64.6 Å². The number of aromatic nitrogens is 2. The summed E-state index contributed by atoms with van der Waals surface area (Å²) in [6.45, 7) is 2.42. The highest BCUT2D eigenvalue weighted by Crippen LogP contribution is 2.39. The van der Waals surface area contributed by atoms with Gasteiger partial charge in [0.25, 0.3) is 17.6 Å². The molecule has 4 heterocycles. The Bertz CT molecular complexity index is 1100. The number of H-pyrrole nitrogens is 1. The topological polar surface area (TPSA) is 82.5 Å². The number of benzene rings is 1. The minimum Gasteiger partial charge on any atom is -0.339 e. The molecular formula is C22H23N7OS+. The standard InChI is InChI=1S/C22H23N7OS/c30-22(27-9-1-10-27)16-4-6-17(7-5-16)31-28-13-20-23-8-11-29(20)21(14-28)24-19-12-18(25-26-19)15-2-3-15/h4-8,11-12,14-15H,1-3,9-10,13H2,(H2,24,25,26)/q+1. The predicted molar refractivity (Wildman–Crippen MR) is 121 cm³/mol. The fourth-order valence-corrected chi connectivity index (χ4v) is 4.70. The summed E-state index contributed by atoms with van der Waals surface area (Å²) in [4.78, 5) is 21.9. The number of hydrogen-bond donors (Lipinski definition) is 2. The van der Waals surface area contributed by atoms with Gasteiger partial charge >= 0.3 is 0 Å². The highest BCUT2D eigenvalue weighted by molar-refractivity contribution is 7.97. The average molecular weight is 434 g/mol. The van der Waals surface area contributed by atoms with Gasteiger partial charge in [-0.2, -0.15) is 10.1 Å². The highest BCUT2D eigenvalue weighted by atomic mass is 32.2. The molecule has 0 unspecified atom stereocenters. The molecule has 1 aliphatic carbocycles. The first kappa shape index (κ1) is 18.7. The number of nitrogens with zero attached hydrogens (tertiary/aromatic N) is 5. The lowest BCUT2D eigenvalue weighted by Crippen LogP contribution is -2.42. The van der Waals surface area contributed by atoms with Crippen LogP contribution in [0.4, 0.5) is 5.82 Å². The molecule has 3 aliphatic heterocycles. The maximum absolute atomic E-state index is 12.4. The molecular weight excluding hydrogens is 410 g/mol. The molecule has 1 saturated heterocycles. The molecule has 2 aromatic rings. The fourth-order valence-electron chi connectivity index (χ4n) is 3.84. The molecule has 0 spiro atoms. The maximum atomic E-state index is 12.4. The van der Waals surface area contributed by atoms with Crippen molar-refractivity contribution in [1.29, 1.82) is 0 Å². The van der Waals surface area contributed by atoms with Crippen LogP contribution >= 0.6 is 11.9 Å². The number of hydrogen-bond acceptors (Lipinski definition) is 7. The second kappa shape index (κ2) is 7.58. The van der Waals surface area contributed by atoms with E-state index in [-0.39, 0.29) is 5.91 Å². The van der Waals surface area contributed by atoms with Crippen LogP contribution in [0.1, 0.15) is 41.2 Å². The van der Waals surface area contributed by atoms with Crippen molar-refractivity contribution in [2.24, 2.45) is 4.99 Å². The summed E-state index contributed by atoms with van der Waals surface area (Å²) in [5.41, 5.74) is 1.95. The molecule has 157 valence electrons. The van der Waals surface area contributed by atoms with Crippen molar-refractivity contribution in [3.63, 3.8) is 0 Å². The molecule has 6 rings (SSSR count). The van der Waals surface area contributed by atoms with Crippen molar-refractivity contribution < 1.29 is 4.79 Å². The summed E-state index contributed by atoms with van der Waals surface area (Å²) < 4.78 is 2.14. The van der Waals surface area contributed by atoms with Crippen molar-refractivity contribution in [2.75, 3.05) is 25.0 Å².